The third kappa shape index (κ3) is 5.87. The SMILES string of the molecule is CC(C)c1cccc(C(C)C)c1OC(=O)c1ccccc1C(=O)Oc1c(C(C)C)cccc1C(C)C. The number of hydrogen-bond acceptors (Lipinski definition) is 4. The van der Waals surface area contributed by atoms with Gasteiger partial charge in [0.1, 0.15) is 11.5 Å². The molecule has 0 saturated carbocycles. The Kier molecular flexibility index (Phi) is 8.73. The van der Waals surface area contributed by atoms with Gasteiger partial charge in [-0.1, -0.05) is 104 Å². The quantitative estimate of drug-likeness (QED) is 0.236. The Morgan fingerprint density at radius 2 is 0.750 bits per heavy atom. The van der Waals surface area contributed by atoms with Crippen LogP contribution < -0.4 is 9.47 Å². The summed E-state index contributed by atoms with van der Waals surface area (Å²) in [5, 5.41) is 0. The van der Waals surface area contributed by atoms with Gasteiger partial charge in [-0.3, -0.25) is 0 Å². The van der Waals surface area contributed by atoms with E-state index in [2.05, 4.69) is 55.4 Å². The van der Waals surface area contributed by atoms with Crippen molar-refractivity contribution < 1.29 is 19.1 Å². The minimum atomic E-state index is -0.571. The first kappa shape index (κ1) is 27.2. The van der Waals surface area contributed by atoms with Crippen LogP contribution in [0.25, 0.3) is 0 Å². The summed E-state index contributed by atoms with van der Waals surface area (Å²) in [6.45, 7) is 16.6. The third-order valence-corrected chi connectivity index (χ3v) is 6.40. The van der Waals surface area contributed by atoms with Gasteiger partial charge in [-0.25, -0.2) is 9.59 Å². The van der Waals surface area contributed by atoms with Gasteiger partial charge in [0, 0.05) is 0 Å². The van der Waals surface area contributed by atoms with Crippen molar-refractivity contribution >= 4 is 11.9 Å². The molecule has 0 aromatic heterocycles. The smallest absolute Gasteiger partial charge is 0.344 e. The first-order valence-electron chi connectivity index (χ1n) is 12.8. The molecule has 0 radical (unpaired) electrons. The third-order valence-electron chi connectivity index (χ3n) is 6.40. The zero-order chi connectivity index (χ0) is 26.6. The van der Waals surface area contributed by atoms with E-state index in [1.54, 1.807) is 24.3 Å². The molecule has 0 aliphatic rings. The fourth-order valence-electron chi connectivity index (χ4n) is 4.34. The van der Waals surface area contributed by atoms with Crippen molar-refractivity contribution in [3.05, 3.63) is 94.0 Å². The van der Waals surface area contributed by atoms with Gasteiger partial charge in [0.05, 0.1) is 11.1 Å². The highest BCUT2D eigenvalue weighted by Gasteiger charge is 2.25. The minimum absolute atomic E-state index is 0.175. The van der Waals surface area contributed by atoms with E-state index >= 15 is 0 Å². The molecule has 0 amide bonds. The van der Waals surface area contributed by atoms with Crippen LogP contribution in [0.2, 0.25) is 0 Å². The summed E-state index contributed by atoms with van der Waals surface area (Å²) in [4.78, 5) is 26.9. The fraction of sp³-hybridized carbons (Fsp3) is 0.375. The van der Waals surface area contributed by atoms with Crippen molar-refractivity contribution in [2.24, 2.45) is 0 Å². The van der Waals surface area contributed by atoms with Gasteiger partial charge in [-0.15, -0.1) is 0 Å². The van der Waals surface area contributed by atoms with E-state index in [1.807, 2.05) is 36.4 Å². The standard InChI is InChI=1S/C32H38O4/c1-19(2)23-15-11-16-24(20(3)4)29(23)35-31(33)27-13-9-10-14-28(27)32(34)36-30-25(21(5)6)17-12-18-26(30)22(7)8/h9-22H,1-8H3. The van der Waals surface area contributed by atoms with E-state index in [4.69, 9.17) is 9.47 Å². The average molecular weight is 487 g/mol. The lowest BCUT2D eigenvalue weighted by atomic mass is 9.94. The Morgan fingerprint density at radius 1 is 0.472 bits per heavy atom. The highest BCUT2D eigenvalue weighted by atomic mass is 16.5. The lowest BCUT2D eigenvalue weighted by Gasteiger charge is -2.20. The molecular formula is C32H38O4. The summed E-state index contributed by atoms with van der Waals surface area (Å²) in [5.41, 5.74) is 4.21. The molecule has 3 aromatic carbocycles. The summed E-state index contributed by atoms with van der Waals surface area (Å²) in [6.07, 6.45) is 0. The Balaban J connectivity index is 2.01. The summed E-state index contributed by atoms with van der Waals surface area (Å²) < 4.78 is 12.0. The monoisotopic (exact) mass is 486 g/mol. The zero-order valence-corrected chi connectivity index (χ0v) is 22.7. The number of rotatable bonds is 8. The molecule has 0 N–H and O–H groups in total. The second kappa shape index (κ2) is 11.6. The van der Waals surface area contributed by atoms with Crippen molar-refractivity contribution in [2.45, 2.75) is 79.1 Å². The van der Waals surface area contributed by atoms with Crippen LogP contribution in [0, 0.1) is 0 Å². The van der Waals surface area contributed by atoms with Gasteiger partial charge in [-0.05, 0) is 58.1 Å². The summed E-state index contributed by atoms with van der Waals surface area (Å²) in [6, 6.07) is 18.6. The Hall–Kier alpha value is -3.40. The minimum Gasteiger partial charge on any atom is -0.422 e. The summed E-state index contributed by atoms with van der Waals surface area (Å²) in [5.74, 6) is 0.702. The number of esters is 2. The van der Waals surface area contributed by atoms with Gasteiger partial charge in [0.2, 0.25) is 0 Å². The van der Waals surface area contributed by atoms with E-state index < -0.39 is 11.9 Å². The Bertz CT molecular complexity index is 1090. The van der Waals surface area contributed by atoms with Crippen LogP contribution in [0.3, 0.4) is 0 Å². The van der Waals surface area contributed by atoms with E-state index in [0.717, 1.165) is 22.3 Å². The number of carbonyl (C=O) groups excluding carboxylic acids is 2. The Morgan fingerprint density at radius 3 is 1.00 bits per heavy atom. The largest absolute Gasteiger partial charge is 0.422 e. The lowest BCUT2D eigenvalue weighted by molar-refractivity contribution is 0.0688. The van der Waals surface area contributed by atoms with Gasteiger partial charge in [0.25, 0.3) is 0 Å². The average Bonchev–Trinajstić information content (AvgIpc) is 2.83. The van der Waals surface area contributed by atoms with E-state index in [-0.39, 0.29) is 34.8 Å². The van der Waals surface area contributed by atoms with Crippen molar-refractivity contribution in [3.8, 4) is 11.5 Å². The van der Waals surface area contributed by atoms with Crippen molar-refractivity contribution in [2.75, 3.05) is 0 Å². The molecule has 4 heteroatoms. The Labute approximate surface area is 215 Å². The van der Waals surface area contributed by atoms with Crippen LogP contribution in [0.5, 0.6) is 11.5 Å². The van der Waals surface area contributed by atoms with E-state index in [0.29, 0.717) is 11.5 Å². The second-order valence-corrected chi connectivity index (χ2v) is 10.5. The molecule has 0 heterocycles. The maximum Gasteiger partial charge on any atom is 0.344 e. The lowest BCUT2D eigenvalue weighted by Crippen LogP contribution is -2.19. The fourth-order valence-corrected chi connectivity index (χ4v) is 4.34. The molecule has 0 fully saturated rings. The molecular weight excluding hydrogens is 448 g/mol. The van der Waals surface area contributed by atoms with Crippen LogP contribution in [0.15, 0.2) is 60.7 Å². The number of para-hydroxylation sites is 2. The number of ether oxygens (including phenoxy) is 2. The number of benzene rings is 3. The van der Waals surface area contributed by atoms with E-state index in [9.17, 15) is 9.59 Å². The second-order valence-electron chi connectivity index (χ2n) is 10.5. The molecule has 4 nitrogen and oxygen atoms in total. The molecule has 3 aromatic rings. The molecule has 0 aliphatic carbocycles. The molecule has 36 heavy (non-hydrogen) atoms. The van der Waals surface area contributed by atoms with Crippen molar-refractivity contribution in [1.29, 1.82) is 0 Å². The molecule has 0 spiro atoms. The van der Waals surface area contributed by atoms with E-state index in [1.165, 1.54) is 0 Å². The molecule has 190 valence electrons. The van der Waals surface area contributed by atoms with Crippen molar-refractivity contribution in [3.63, 3.8) is 0 Å². The predicted octanol–water partition coefficient (Wildman–Crippen LogP) is 8.62. The summed E-state index contributed by atoms with van der Waals surface area (Å²) >= 11 is 0. The van der Waals surface area contributed by atoms with Crippen LogP contribution in [-0.2, 0) is 0 Å². The van der Waals surface area contributed by atoms with Gasteiger partial charge >= 0.3 is 11.9 Å². The van der Waals surface area contributed by atoms with Crippen LogP contribution in [-0.4, -0.2) is 11.9 Å². The van der Waals surface area contributed by atoms with Crippen LogP contribution >= 0.6 is 0 Å². The first-order chi connectivity index (χ1) is 17.0. The topological polar surface area (TPSA) is 52.6 Å². The highest BCUT2D eigenvalue weighted by molar-refractivity contribution is 6.04. The van der Waals surface area contributed by atoms with Crippen LogP contribution in [0.1, 0.15) is 122 Å². The number of hydrogen-bond donors (Lipinski definition) is 0. The molecule has 0 atom stereocenters. The zero-order valence-electron chi connectivity index (χ0n) is 22.7. The maximum absolute atomic E-state index is 13.5. The molecule has 0 saturated heterocycles. The van der Waals surface area contributed by atoms with Gasteiger partial charge in [-0.2, -0.15) is 0 Å². The van der Waals surface area contributed by atoms with Gasteiger partial charge < -0.3 is 9.47 Å². The molecule has 3 rings (SSSR count). The van der Waals surface area contributed by atoms with Crippen molar-refractivity contribution in [1.82, 2.24) is 0 Å². The van der Waals surface area contributed by atoms with Crippen LogP contribution in [0.4, 0.5) is 0 Å². The first-order valence-corrected chi connectivity index (χ1v) is 12.8. The van der Waals surface area contributed by atoms with Gasteiger partial charge in [0.15, 0.2) is 0 Å². The summed E-state index contributed by atoms with van der Waals surface area (Å²) in [7, 11) is 0. The normalized spacial score (nSPS) is 11.4. The number of carbonyl (C=O) groups is 2. The molecule has 0 unspecified atom stereocenters. The highest BCUT2D eigenvalue weighted by Crippen LogP contribution is 2.37. The maximum atomic E-state index is 13.5. The molecule has 0 aliphatic heterocycles. The molecule has 0 bridgehead atoms. The predicted molar refractivity (Wildman–Crippen MR) is 146 cm³/mol.